The Hall–Kier alpha value is -3.50. The number of carbonyl (C=O) groups is 1. The summed E-state index contributed by atoms with van der Waals surface area (Å²) in [6, 6.07) is 9.02. The van der Waals surface area contributed by atoms with Gasteiger partial charge < -0.3 is 19.5 Å². The number of nitrogens with one attached hydrogen (secondary N) is 1. The molecule has 5 heterocycles. The lowest BCUT2D eigenvalue weighted by molar-refractivity contribution is -0.127. The number of alkyl halides is 1. The minimum atomic E-state index is -0.927. The van der Waals surface area contributed by atoms with Crippen LogP contribution in [-0.2, 0) is 4.74 Å². The molecular weight excluding hydrogens is 475 g/mol. The highest BCUT2D eigenvalue weighted by molar-refractivity contribution is 6.34. The minimum Gasteiger partial charge on any atom is -0.380 e. The number of nitrogens with zero attached hydrogens (tertiary/aromatic N) is 5. The van der Waals surface area contributed by atoms with Crippen LogP contribution in [0.1, 0.15) is 28.6 Å². The molecule has 1 amide bonds. The molecule has 0 radical (unpaired) electrons. The molecule has 1 N–H and O–H groups in total. The van der Waals surface area contributed by atoms with Crippen LogP contribution in [-0.4, -0.2) is 58.1 Å². The predicted octanol–water partition coefficient (Wildman–Crippen LogP) is 3.95. The largest absolute Gasteiger partial charge is 0.380 e. The van der Waals surface area contributed by atoms with Crippen molar-refractivity contribution in [2.75, 3.05) is 36.5 Å². The molecular formula is C24H20ClFN6O3. The van der Waals surface area contributed by atoms with Crippen LogP contribution >= 0.6 is 11.6 Å². The molecule has 9 nitrogen and oxygen atoms in total. The number of ether oxygens (including phenoxy) is 1. The maximum atomic E-state index is 13.3. The molecule has 1 saturated carbocycles. The summed E-state index contributed by atoms with van der Waals surface area (Å²) in [6.07, 6.45) is 2.87. The molecule has 1 spiro atoms. The van der Waals surface area contributed by atoms with Gasteiger partial charge in [0.2, 0.25) is 11.7 Å². The van der Waals surface area contributed by atoms with Crippen molar-refractivity contribution in [1.29, 1.82) is 0 Å². The third-order valence-electron chi connectivity index (χ3n) is 6.93. The number of hydrogen-bond donors (Lipinski definition) is 1. The molecule has 178 valence electrons. The van der Waals surface area contributed by atoms with Gasteiger partial charge in [0.1, 0.15) is 6.17 Å². The molecule has 0 bridgehead atoms. The summed E-state index contributed by atoms with van der Waals surface area (Å²) in [7, 11) is 0. The van der Waals surface area contributed by atoms with Crippen molar-refractivity contribution in [2.45, 2.75) is 18.5 Å². The number of halogens is 2. The van der Waals surface area contributed by atoms with Crippen molar-refractivity contribution < 1.29 is 18.4 Å². The Balaban J connectivity index is 1.13. The number of aromatic nitrogens is 4. The predicted molar refractivity (Wildman–Crippen MR) is 126 cm³/mol. The first-order chi connectivity index (χ1) is 17.0. The molecule has 1 aliphatic carbocycles. The van der Waals surface area contributed by atoms with E-state index >= 15 is 0 Å². The van der Waals surface area contributed by atoms with Gasteiger partial charge in [0.25, 0.3) is 5.91 Å². The third kappa shape index (κ3) is 3.47. The zero-order chi connectivity index (χ0) is 23.7. The average Bonchev–Trinajstić information content (AvgIpc) is 3.19. The molecule has 3 fully saturated rings. The number of rotatable bonds is 5. The fraction of sp³-hybridized carbons (Fsp3) is 0.333. The van der Waals surface area contributed by atoms with Crippen molar-refractivity contribution in [3.8, 4) is 11.4 Å². The topological polar surface area (TPSA) is 97.8 Å². The van der Waals surface area contributed by atoms with Gasteiger partial charge in [0.15, 0.2) is 0 Å². The highest BCUT2D eigenvalue weighted by atomic mass is 35.5. The van der Waals surface area contributed by atoms with Crippen LogP contribution < -0.4 is 10.2 Å². The van der Waals surface area contributed by atoms with E-state index in [1.807, 2.05) is 18.3 Å². The number of amides is 1. The van der Waals surface area contributed by atoms with Gasteiger partial charge in [-0.3, -0.25) is 4.79 Å². The number of carbonyl (C=O) groups excluding carboxylic acids is 1. The highest BCUT2D eigenvalue weighted by Crippen LogP contribution is 2.43. The molecule has 2 atom stereocenters. The standard InChI is InChI=1S/C24H20ClFN6O3/c25-17-2-1-13(21-29-23(35-30-21)15-7-18(15)26)5-19(17)28-22(33)16-8-27-32-4-3-14(6-20(16)32)31-9-24(10-31)11-34-12-24/h1-6,8,15,18H,7,9-12H2,(H,28,33)/t15-,18-/m0/s1. The molecule has 1 aromatic carbocycles. The summed E-state index contributed by atoms with van der Waals surface area (Å²) in [6.45, 7) is 3.53. The van der Waals surface area contributed by atoms with E-state index in [1.54, 1.807) is 22.7 Å². The first kappa shape index (κ1) is 20.8. The maximum Gasteiger partial charge on any atom is 0.259 e. The lowest BCUT2D eigenvalue weighted by atomic mass is 9.78. The quantitative estimate of drug-likeness (QED) is 0.448. The van der Waals surface area contributed by atoms with Crippen LogP contribution in [0, 0.1) is 5.41 Å². The molecule has 35 heavy (non-hydrogen) atoms. The minimum absolute atomic E-state index is 0.285. The van der Waals surface area contributed by atoms with Gasteiger partial charge in [-0.2, -0.15) is 10.1 Å². The maximum absolute atomic E-state index is 13.3. The smallest absolute Gasteiger partial charge is 0.259 e. The molecule has 4 aromatic rings. The Morgan fingerprint density at radius 2 is 2.06 bits per heavy atom. The molecule has 2 aliphatic heterocycles. The van der Waals surface area contributed by atoms with Crippen LogP contribution in [0.5, 0.6) is 0 Å². The SMILES string of the molecule is O=C(Nc1cc(-c2noc([C@H]3C[C@@H]3F)n2)ccc1Cl)c1cnn2ccc(N3CC4(COC4)C3)cc12. The molecule has 3 aromatic heterocycles. The van der Waals surface area contributed by atoms with Gasteiger partial charge in [0.05, 0.1) is 52.5 Å². The summed E-state index contributed by atoms with van der Waals surface area (Å²) in [5.74, 6) is -0.0629. The summed E-state index contributed by atoms with van der Waals surface area (Å²) in [5.41, 5.74) is 3.47. The van der Waals surface area contributed by atoms with Crippen LogP contribution in [0.4, 0.5) is 15.8 Å². The van der Waals surface area contributed by atoms with Gasteiger partial charge in [-0.1, -0.05) is 16.8 Å². The van der Waals surface area contributed by atoms with E-state index in [0.717, 1.165) is 32.0 Å². The number of fused-ring (bicyclic) bond motifs is 1. The van der Waals surface area contributed by atoms with Crippen molar-refractivity contribution in [2.24, 2.45) is 5.41 Å². The second kappa shape index (κ2) is 7.50. The number of pyridine rings is 1. The number of hydrogen-bond acceptors (Lipinski definition) is 7. The van der Waals surface area contributed by atoms with Gasteiger partial charge in [-0.25, -0.2) is 8.91 Å². The van der Waals surface area contributed by atoms with Crippen LogP contribution in [0.25, 0.3) is 16.9 Å². The first-order valence-corrected chi connectivity index (χ1v) is 11.7. The Morgan fingerprint density at radius 1 is 1.23 bits per heavy atom. The van der Waals surface area contributed by atoms with E-state index in [1.165, 1.54) is 6.20 Å². The second-order valence-corrected chi connectivity index (χ2v) is 9.99. The van der Waals surface area contributed by atoms with Gasteiger partial charge in [0, 0.05) is 30.5 Å². The van der Waals surface area contributed by atoms with Crippen molar-refractivity contribution in [3.63, 3.8) is 0 Å². The molecule has 11 heteroatoms. The normalized spacial score (nSPS) is 22.2. The van der Waals surface area contributed by atoms with E-state index in [4.69, 9.17) is 20.9 Å². The van der Waals surface area contributed by atoms with Crippen molar-refractivity contribution in [3.05, 3.63) is 59.2 Å². The Kier molecular flexibility index (Phi) is 4.46. The summed E-state index contributed by atoms with van der Waals surface area (Å²) in [4.78, 5) is 19.8. The van der Waals surface area contributed by atoms with E-state index in [2.05, 4.69) is 25.5 Å². The third-order valence-corrected chi connectivity index (χ3v) is 7.26. The molecule has 2 saturated heterocycles. The average molecular weight is 495 g/mol. The van der Waals surface area contributed by atoms with Crippen LogP contribution in [0.3, 0.4) is 0 Å². The summed E-state index contributed by atoms with van der Waals surface area (Å²) < 4.78 is 25.6. The highest BCUT2D eigenvalue weighted by Gasteiger charge is 2.49. The van der Waals surface area contributed by atoms with E-state index < -0.39 is 6.17 Å². The van der Waals surface area contributed by atoms with E-state index in [9.17, 15) is 9.18 Å². The second-order valence-electron chi connectivity index (χ2n) is 9.59. The molecule has 3 aliphatic rings. The molecule has 0 unspecified atom stereocenters. The fourth-order valence-electron chi connectivity index (χ4n) is 4.73. The van der Waals surface area contributed by atoms with E-state index in [-0.39, 0.29) is 17.7 Å². The van der Waals surface area contributed by atoms with E-state index in [0.29, 0.717) is 45.0 Å². The lowest BCUT2D eigenvalue weighted by Crippen LogP contribution is -2.66. The summed E-state index contributed by atoms with van der Waals surface area (Å²) in [5, 5.41) is 11.5. The Bertz CT molecular complexity index is 1470. The fourth-order valence-corrected chi connectivity index (χ4v) is 4.90. The zero-order valence-electron chi connectivity index (χ0n) is 18.4. The first-order valence-electron chi connectivity index (χ1n) is 11.4. The van der Waals surface area contributed by atoms with Crippen molar-refractivity contribution >= 4 is 34.4 Å². The van der Waals surface area contributed by atoms with Gasteiger partial charge in [-0.05, 0) is 36.8 Å². The lowest BCUT2D eigenvalue weighted by Gasteiger charge is -2.56. The number of benzene rings is 1. The Labute approximate surface area is 203 Å². The van der Waals surface area contributed by atoms with Gasteiger partial charge in [-0.15, -0.1) is 0 Å². The van der Waals surface area contributed by atoms with Crippen LogP contribution in [0.15, 0.2) is 47.2 Å². The zero-order valence-corrected chi connectivity index (χ0v) is 19.2. The number of anilines is 2. The monoisotopic (exact) mass is 494 g/mol. The van der Waals surface area contributed by atoms with Crippen LogP contribution in [0.2, 0.25) is 5.02 Å². The Morgan fingerprint density at radius 3 is 2.80 bits per heavy atom. The van der Waals surface area contributed by atoms with Crippen molar-refractivity contribution in [1.82, 2.24) is 19.8 Å². The molecule has 7 rings (SSSR count). The van der Waals surface area contributed by atoms with Gasteiger partial charge >= 0.3 is 0 Å². The summed E-state index contributed by atoms with van der Waals surface area (Å²) >= 11 is 6.37.